The number of esters is 1. The van der Waals surface area contributed by atoms with Gasteiger partial charge in [-0.25, -0.2) is 13.2 Å². The van der Waals surface area contributed by atoms with E-state index in [2.05, 4.69) is 35.5 Å². The maximum atomic E-state index is 13.0. The van der Waals surface area contributed by atoms with Crippen molar-refractivity contribution in [2.45, 2.75) is 38.0 Å². The van der Waals surface area contributed by atoms with Gasteiger partial charge in [-0.05, 0) is 54.3 Å². The largest absolute Gasteiger partial charge is 0.461 e. The molecule has 0 saturated carbocycles. The molecule has 0 amide bonds. The zero-order valence-corrected chi connectivity index (χ0v) is 20.4. The third-order valence-electron chi connectivity index (χ3n) is 5.51. The van der Waals surface area contributed by atoms with E-state index in [0.717, 1.165) is 11.1 Å². The van der Waals surface area contributed by atoms with E-state index in [4.69, 9.17) is 4.74 Å². The summed E-state index contributed by atoms with van der Waals surface area (Å²) in [6.45, 7) is 8.20. The van der Waals surface area contributed by atoms with Crippen LogP contribution in [0.3, 0.4) is 0 Å². The maximum Gasteiger partial charge on any atom is 0.355 e. The lowest BCUT2D eigenvalue weighted by molar-refractivity contribution is 0.0521. The number of sulfonamides is 1. The molecule has 0 radical (unpaired) electrons. The Morgan fingerprint density at radius 2 is 1.82 bits per heavy atom. The molecule has 2 aromatic carbocycles. The third-order valence-corrected chi connectivity index (χ3v) is 6.91. The Hall–Kier alpha value is -3.65. The van der Waals surface area contributed by atoms with E-state index in [0.29, 0.717) is 27.8 Å². The lowest BCUT2D eigenvalue weighted by Gasteiger charge is -2.19. The maximum absolute atomic E-state index is 13.0. The number of aromatic nitrogens is 2. The predicted molar refractivity (Wildman–Crippen MR) is 133 cm³/mol. The normalized spacial score (nSPS) is 12.0. The number of hydrogen-bond acceptors (Lipinski definition) is 5. The summed E-state index contributed by atoms with van der Waals surface area (Å²) in [7, 11) is -3.80. The average Bonchev–Trinajstić information content (AvgIpc) is 3.18. The van der Waals surface area contributed by atoms with E-state index in [1.54, 1.807) is 55.7 Å². The van der Waals surface area contributed by atoms with Crippen LogP contribution in [-0.4, -0.2) is 31.0 Å². The Labute approximate surface area is 199 Å². The first-order valence-corrected chi connectivity index (χ1v) is 12.4. The van der Waals surface area contributed by atoms with Crippen LogP contribution in [0, 0.1) is 0 Å². The van der Waals surface area contributed by atoms with Crippen LogP contribution >= 0.6 is 0 Å². The van der Waals surface area contributed by atoms with E-state index in [-0.39, 0.29) is 16.9 Å². The number of H-pyrrole nitrogens is 1. The molecule has 176 valence electrons. The van der Waals surface area contributed by atoms with Gasteiger partial charge in [0.15, 0.2) is 0 Å². The van der Waals surface area contributed by atoms with Gasteiger partial charge in [0.2, 0.25) is 0 Å². The molecular formula is C26H27N3O4S. The van der Waals surface area contributed by atoms with Gasteiger partial charge in [0, 0.05) is 40.1 Å². The number of anilines is 1. The number of rotatable bonds is 6. The molecule has 0 spiro atoms. The van der Waals surface area contributed by atoms with Crippen LogP contribution in [0.5, 0.6) is 0 Å². The molecule has 0 aliphatic carbocycles. The van der Waals surface area contributed by atoms with Crippen molar-refractivity contribution in [2.24, 2.45) is 0 Å². The first-order valence-electron chi connectivity index (χ1n) is 11.0. The van der Waals surface area contributed by atoms with Crippen molar-refractivity contribution in [3.8, 4) is 11.1 Å². The number of aromatic amines is 1. The Morgan fingerprint density at radius 3 is 2.44 bits per heavy atom. The quantitative estimate of drug-likeness (QED) is 0.357. The van der Waals surface area contributed by atoms with E-state index in [9.17, 15) is 13.2 Å². The van der Waals surface area contributed by atoms with Crippen LogP contribution in [0.4, 0.5) is 5.69 Å². The monoisotopic (exact) mass is 477 g/mol. The highest BCUT2D eigenvalue weighted by Crippen LogP contribution is 2.35. The first kappa shape index (κ1) is 23.5. The highest BCUT2D eigenvalue weighted by atomic mass is 32.2. The molecule has 0 atom stereocenters. The Balaban J connectivity index is 1.75. The molecule has 7 nitrogen and oxygen atoms in total. The fourth-order valence-electron chi connectivity index (χ4n) is 3.77. The Bertz CT molecular complexity index is 1440. The van der Waals surface area contributed by atoms with Gasteiger partial charge < -0.3 is 9.72 Å². The summed E-state index contributed by atoms with van der Waals surface area (Å²) in [4.78, 5) is 20.1. The van der Waals surface area contributed by atoms with Crippen molar-refractivity contribution in [2.75, 3.05) is 11.3 Å². The standard InChI is InChI=1S/C26H27N3O4S/c1-5-33-25(30)24-23(17-7-6-14-27-16-17)21-15-19(10-13-22(21)28-24)29-34(31,32)20-11-8-18(9-12-20)26(2,3)4/h6-16,28-29H,5H2,1-4H3. The molecule has 2 aromatic heterocycles. The number of pyridine rings is 1. The van der Waals surface area contributed by atoms with Gasteiger partial charge in [0.1, 0.15) is 5.69 Å². The smallest absolute Gasteiger partial charge is 0.355 e. The number of nitrogens with one attached hydrogen (secondary N) is 2. The van der Waals surface area contributed by atoms with Gasteiger partial charge in [0.05, 0.1) is 11.5 Å². The summed E-state index contributed by atoms with van der Waals surface area (Å²) in [6, 6.07) is 15.6. The second-order valence-electron chi connectivity index (χ2n) is 8.98. The average molecular weight is 478 g/mol. The van der Waals surface area contributed by atoms with Crippen LogP contribution in [-0.2, 0) is 20.2 Å². The number of ether oxygens (including phenoxy) is 1. The van der Waals surface area contributed by atoms with Crippen LogP contribution < -0.4 is 4.72 Å². The van der Waals surface area contributed by atoms with Crippen LogP contribution in [0.15, 0.2) is 71.9 Å². The van der Waals surface area contributed by atoms with Gasteiger partial charge in [-0.3, -0.25) is 9.71 Å². The van der Waals surface area contributed by atoms with E-state index in [1.165, 1.54) is 0 Å². The molecule has 0 saturated heterocycles. The fraction of sp³-hybridized carbons (Fsp3) is 0.231. The molecule has 2 heterocycles. The minimum absolute atomic E-state index is 0.0750. The molecule has 4 aromatic rings. The zero-order chi connectivity index (χ0) is 24.5. The first-order chi connectivity index (χ1) is 16.1. The van der Waals surface area contributed by atoms with Gasteiger partial charge >= 0.3 is 5.97 Å². The zero-order valence-electron chi connectivity index (χ0n) is 19.5. The van der Waals surface area contributed by atoms with Gasteiger partial charge in [-0.15, -0.1) is 0 Å². The van der Waals surface area contributed by atoms with Crippen molar-refractivity contribution in [3.63, 3.8) is 0 Å². The number of hydrogen-bond donors (Lipinski definition) is 2. The lowest BCUT2D eigenvalue weighted by Crippen LogP contribution is -2.14. The molecule has 0 unspecified atom stereocenters. The number of nitrogens with zero attached hydrogens (tertiary/aromatic N) is 1. The van der Waals surface area contributed by atoms with Crippen molar-refractivity contribution >= 4 is 32.6 Å². The molecule has 8 heteroatoms. The molecule has 0 fully saturated rings. The summed E-state index contributed by atoms with van der Waals surface area (Å²) in [6.07, 6.45) is 3.30. The SMILES string of the molecule is CCOC(=O)c1[nH]c2ccc(NS(=O)(=O)c3ccc(C(C)(C)C)cc3)cc2c1-c1cccnc1. The minimum Gasteiger partial charge on any atom is -0.461 e. The summed E-state index contributed by atoms with van der Waals surface area (Å²) < 4.78 is 34.0. The van der Waals surface area contributed by atoms with Gasteiger partial charge in [0.25, 0.3) is 10.0 Å². The number of benzene rings is 2. The predicted octanol–water partition coefficient (Wildman–Crippen LogP) is 5.50. The molecular weight excluding hydrogens is 450 g/mol. The summed E-state index contributed by atoms with van der Waals surface area (Å²) in [5.74, 6) is -0.487. The van der Waals surface area contributed by atoms with Gasteiger partial charge in [-0.2, -0.15) is 0 Å². The second kappa shape index (κ2) is 8.95. The lowest BCUT2D eigenvalue weighted by atomic mass is 9.87. The Kier molecular flexibility index (Phi) is 6.18. The molecule has 0 aliphatic rings. The third kappa shape index (κ3) is 4.68. The summed E-state index contributed by atoms with van der Waals surface area (Å²) in [5, 5.41) is 0.680. The highest BCUT2D eigenvalue weighted by molar-refractivity contribution is 7.92. The molecule has 0 aliphatic heterocycles. The molecule has 2 N–H and O–H groups in total. The fourth-order valence-corrected chi connectivity index (χ4v) is 4.82. The number of fused-ring (bicyclic) bond motifs is 1. The summed E-state index contributed by atoms with van der Waals surface area (Å²) >= 11 is 0. The summed E-state index contributed by atoms with van der Waals surface area (Å²) in [5.41, 5.74) is 3.66. The van der Waals surface area contributed by atoms with Crippen molar-refractivity contribution < 1.29 is 17.9 Å². The number of carbonyl (C=O) groups is 1. The Morgan fingerprint density at radius 1 is 1.09 bits per heavy atom. The van der Waals surface area contributed by atoms with Crippen molar-refractivity contribution in [1.29, 1.82) is 0 Å². The van der Waals surface area contributed by atoms with E-state index >= 15 is 0 Å². The minimum atomic E-state index is -3.80. The van der Waals surface area contributed by atoms with E-state index < -0.39 is 16.0 Å². The number of carbonyl (C=O) groups excluding carboxylic acids is 1. The molecule has 0 bridgehead atoms. The van der Waals surface area contributed by atoms with Crippen molar-refractivity contribution in [1.82, 2.24) is 9.97 Å². The van der Waals surface area contributed by atoms with Gasteiger partial charge in [-0.1, -0.05) is 39.0 Å². The topological polar surface area (TPSA) is 101 Å². The molecule has 4 rings (SSSR count). The van der Waals surface area contributed by atoms with Crippen LogP contribution in [0.2, 0.25) is 0 Å². The van der Waals surface area contributed by atoms with Crippen molar-refractivity contribution in [3.05, 3.63) is 78.2 Å². The van der Waals surface area contributed by atoms with E-state index in [1.807, 2.05) is 18.2 Å². The van der Waals surface area contributed by atoms with Crippen LogP contribution in [0.25, 0.3) is 22.0 Å². The molecule has 34 heavy (non-hydrogen) atoms. The second-order valence-corrected chi connectivity index (χ2v) is 10.7. The highest BCUT2D eigenvalue weighted by Gasteiger charge is 2.22. The van der Waals surface area contributed by atoms with Crippen LogP contribution in [0.1, 0.15) is 43.7 Å².